The lowest BCUT2D eigenvalue weighted by atomic mass is 9.86. The van der Waals surface area contributed by atoms with Gasteiger partial charge in [-0.15, -0.1) is 0 Å². The van der Waals surface area contributed by atoms with Gasteiger partial charge in [-0.1, -0.05) is 24.4 Å². The van der Waals surface area contributed by atoms with Gasteiger partial charge in [0.1, 0.15) is 0 Å². The number of aliphatic hydroxyl groups is 1. The van der Waals surface area contributed by atoms with Gasteiger partial charge in [0.25, 0.3) is 0 Å². The van der Waals surface area contributed by atoms with E-state index in [0.29, 0.717) is 5.92 Å². The van der Waals surface area contributed by atoms with Crippen LogP contribution in [0.1, 0.15) is 44.0 Å². The second kappa shape index (κ2) is 6.73. The molecular formula is C14H24ClN3O. The second-order valence-electron chi connectivity index (χ2n) is 5.40. The van der Waals surface area contributed by atoms with Crippen LogP contribution in [-0.4, -0.2) is 27.5 Å². The van der Waals surface area contributed by atoms with Gasteiger partial charge in [-0.05, 0) is 32.6 Å². The molecule has 4 nitrogen and oxygen atoms in total. The zero-order valence-corrected chi connectivity index (χ0v) is 12.6. The molecule has 2 atom stereocenters. The van der Waals surface area contributed by atoms with E-state index >= 15 is 0 Å². The first-order valence-electron chi connectivity index (χ1n) is 7.24. The highest BCUT2D eigenvalue weighted by Gasteiger charge is 2.22. The van der Waals surface area contributed by atoms with Crippen LogP contribution in [0.15, 0.2) is 0 Å². The summed E-state index contributed by atoms with van der Waals surface area (Å²) in [5.74, 6) is 0.381. The quantitative estimate of drug-likeness (QED) is 0.874. The third kappa shape index (κ3) is 3.50. The van der Waals surface area contributed by atoms with Crippen LogP contribution in [0.25, 0.3) is 0 Å². The average Bonchev–Trinajstić information content (AvgIpc) is 2.68. The third-order valence-electron chi connectivity index (χ3n) is 4.02. The summed E-state index contributed by atoms with van der Waals surface area (Å²) >= 11 is 6.27. The standard InChI is InChI=1S/C14H24ClN3O/c1-3-18-12(14(15)10(2)17-18)9-16-8-11-6-4-5-7-13(11)19/h11,13,16,19H,3-9H2,1-2H3. The number of nitrogens with zero attached hydrogens (tertiary/aromatic N) is 2. The van der Waals surface area contributed by atoms with Crippen molar-refractivity contribution in [1.29, 1.82) is 0 Å². The van der Waals surface area contributed by atoms with Crippen LogP contribution in [-0.2, 0) is 13.1 Å². The Morgan fingerprint density at radius 2 is 2.16 bits per heavy atom. The van der Waals surface area contributed by atoms with Crippen molar-refractivity contribution in [1.82, 2.24) is 15.1 Å². The van der Waals surface area contributed by atoms with E-state index in [1.54, 1.807) is 0 Å². The molecule has 0 aliphatic heterocycles. The average molecular weight is 286 g/mol. The van der Waals surface area contributed by atoms with Crippen molar-refractivity contribution in [3.05, 3.63) is 16.4 Å². The molecule has 1 aliphatic rings. The molecule has 2 N–H and O–H groups in total. The smallest absolute Gasteiger partial charge is 0.0860 e. The fraction of sp³-hybridized carbons (Fsp3) is 0.786. The summed E-state index contributed by atoms with van der Waals surface area (Å²) in [7, 11) is 0. The van der Waals surface area contributed by atoms with E-state index in [4.69, 9.17) is 11.6 Å². The zero-order chi connectivity index (χ0) is 13.8. The molecule has 1 heterocycles. The summed E-state index contributed by atoms with van der Waals surface area (Å²) in [6, 6.07) is 0. The highest BCUT2D eigenvalue weighted by molar-refractivity contribution is 6.31. The first-order valence-corrected chi connectivity index (χ1v) is 7.61. The van der Waals surface area contributed by atoms with Gasteiger partial charge in [0.05, 0.1) is 22.5 Å². The Balaban J connectivity index is 1.88. The van der Waals surface area contributed by atoms with E-state index < -0.39 is 0 Å². The van der Waals surface area contributed by atoms with Gasteiger partial charge in [0.2, 0.25) is 0 Å². The molecule has 0 bridgehead atoms. The minimum atomic E-state index is -0.144. The van der Waals surface area contributed by atoms with Gasteiger partial charge in [0.15, 0.2) is 0 Å². The van der Waals surface area contributed by atoms with Crippen LogP contribution in [0.5, 0.6) is 0 Å². The van der Waals surface area contributed by atoms with Crippen LogP contribution in [0, 0.1) is 12.8 Å². The number of aliphatic hydroxyl groups excluding tert-OH is 1. The van der Waals surface area contributed by atoms with E-state index in [-0.39, 0.29) is 6.10 Å². The molecule has 0 amide bonds. The number of halogens is 1. The maximum Gasteiger partial charge on any atom is 0.0860 e. The van der Waals surface area contributed by atoms with Crippen LogP contribution in [0.4, 0.5) is 0 Å². The summed E-state index contributed by atoms with van der Waals surface area (Å²) in [6.45, 7) is 6.40. The Bertz CT molecular complexity index is 419. The number of hydrogen-bond acceptors (Lipinski definition) is 3. The highest BCUT2D eigenvalue weighted by Crippen LogP contribution is 2.24. The lowest BCUT2D eigenvalue weighted by Gasteiger charge is -2.27. The molecule has 2 unspecified atom stereocenters. The van der Waals surface area contributed by atoms with Crippen molar-refractivity contribution in [3.8, 4) is 0 Å². The molecule has 1 aliphatic carbocycles. The van der Waals surface area contributed by atoms with Crippen molar-refractivity contribution < 1.29 is 5.11 Å². The van der Waals surface area contributed by atoms with E-state index in [1.807, 2.05) is 11.6 Å². The van der Waals surface area contributed by atoms with Crippen LogP contribution < -0.4 is 5.32 Å². The first-order chi connectivity index (χ1) is 9.13. The van der Waals surface area contributed by atoms with Gasteiger partial charge in [-0.2, -0.15) is 5.10 Å². The van der Waals surface area contributed by atoms with Gasteiger partial charge >= 0.3 is 0 Å². The lowest BCUT2D eigenvalue weighted by Crippen LogP contribution is -2.34. The Morgan fingerprint density at radius 3 is 2.84 bits per heavy atom. The number of aryl methyl sites for hydroxylation is 2. The Morgan fingerprint density at radius 1 is 1.42 bits per heavy atom. The topological polar surface area (TPSA) is 50.1 Å². The fourth-order valence-corrected chi connectivity index (χ4v) is 3.04. The molecule has 2 rings (SSSR count). The lowest BCUT2D eigenvalue weighted by molar-refractivity contribution is 0.0694. The van der Waals surface area contributed by atoms with E-state index in [9.17, 15) is 5.11 Å². The minimum Gasteiger partial charge on any atom is -0.393 e. The largest absolute Gasteiger partial charge is 0.393 e. The maximum absolute atomic E-state index is 9.94. The number of hydrogen-bond donors (Lipinski definition) is 2. The molecule has 5 heteroatoms. The molecule has 1 aromatic rings. The molecule has 19 heavy (non-hydrogen) atoms. The van der Waals surface area contributed by atoms with Crippen molar-refractivity contribution in [2.24, 2.45) is 5.92 Å². The van der Waals surface area contributed by atoms with Gasteiger partial charge in [0, 0.05) is 19.6 Å². The second-order valence-corrected chi connectivity index (χ2v) is 5.78. The SMILES string of the molecule is CCn1nc(C)c(Cl)c1CNCC1CCCCC1O. The molecule has 108 valence electrons. The molecule has 0 radical (unpaired) electrons. The monoisotopic (exact) mass is 285 g/mol. The molecule has 1 fully saturated rings. The highest BCUT2D eigenvalue weighted by atomic mass is 35.5. The zero-order valence-electron chi connectivity index (χ0n) is 11.8. The Kier molecular flexibility index (Phi) is 5.25. The molecule has 0 saturated heterocycles. The number of rotatable bonds is 5. The summed E-state index contributed by atoms with van der Waals surface area (Å²) in [5, 5.41) is 18.5. The predicted molar refractivity (Wildman–Crippen MR) is 77.3 cm³/mol. The summed E-state index contributed by atoms with van der Waals surface area (Å²) in [5.41, 5.74) is 1.94. The number of aromatic nitrogens is 2. The predicted octanol–water partition coefficient (Wildman–Crippen LogP) is 2.51. The molecule has 1 aromatic heterocycles. The van der Waals surface area contributed by atoms with Crippen LogP contribution in [0.2, 0.25) is 5.02 Å². The van der Waals surface area contributed by atoms with Crippen LogP contribution in [0.3, 0.4) is 0 Å². The van der Waals surface area contributed by atoms with Gasteiger partial charge in [-0.3, -0.25) is 4.68 Å². The van der Waals surface area contributed by atoms with E-state index in [0.717, 1.165) is 55.3 Å². The minimum absolute atomic E-state index is 0.144. The maximum atomic E-state index is 9.94. The van der Waals surface area contributed by atoms with Crippen molar-refractivity contribution in [2.45, 2.75) is 58.7 Å². The van der Waals surface area contributed by atoms with Crippen molar-refractivity contribution in [3.63, 3.8) is 0 Å². The Hall–Kier alpha value is -0.580. The van der Waals surface area contributed by atoms with E-state index in [1.165, 1.54) is 6.42 Å². The summed E-state index contributed by atoms with van der Waals surface area (Å²) < 4.78 is 1.95. The molecule has 0 spiro atoms. The molecule has 1 saturated carbocycles. The normalized spacial score (nSPS) is 23.8. The summed E-state index contributed by atoms with van der Waals surface area (Å²) in [6.07, 6.45) is 4.31. The number of nitrogens with one attached hydrogen (secondary N) is 1. The first kappa shape index (κ1) is 14.8. The molecule has 0 aromatic carbocycles. The fourth-order valence-electron chi connectivity index (χ4n) is 2.84. The van der Waals surface area contributed by atoms with Crippen molar-refractivity contribution in [2.75, 3.05) is 6.54 Å². The van der Waals surface area contributed by atoms with Gasteiger partial charge in [-0.25, -0.2) is 0 Å². The molecular weight excluding hydrogens is 262 g/mol. The van der Waals surface area contributed by atoms with Crippen LogP contribution >= 0.6 is 11.6 Å². The van der Waals surface area contributed by atoms with E-state index in [2.05, 4.69) is 17.3 Å². The third-order valence-corrected chi connectivity index (χ3v) is 4.51. The summed E-state index contributed by atoms with van der Waals surface area (Å²) in [4.78, 5) is 0. The van der Waals surface area contributed by atoms with Gasteiger partial charge < -0.3 is 10.4 Å². The Labute approximate surface area is 120 Å². The van der Waals surface area contributed by atoms with Crippen molar-refractivity contribution >= 4 is 11.6 Å².